The smallest absolute Gasteiger partial charge is 0.158 e. The third kappa shape index (κ3) is 4.88. The van der Waals surface area contributed by atoms with Gasteiger partial charge in [-0.1, -0.05) is 39.5 Å². The zero-order chi connectivity index (χ0) is 30.7. The highest BCUT2D eigenvalue weighted by atomic mass is 16.7. The minimum Gasteiger partial charge on any atom is -0.353 e. The Morgan fingerprint density at radius 3 is 2.30 bits per heavy atom. The molecule has 7 fully saturated rings. The van der Waals surface area contributed by atoms with Crippen LogP contribution in [0.4, 0.5) is 0 Å². The van der Waals surface area contributed by atoms with Crippen molar-refractivity contribution in [2.45, 2.75) is 156 Å². The summed E-state index contributed by atoms with van der Waals surface area (Å²) in [6.45, 7) is 22.4. The summed E-state index contributed by atoms with van der Waals surface area (Å²) >= 11 is 0. The Hall–Kier alpha value is -0.680. The maximum atomic E-state index is 6.71. The molecule has 250 valence electrons. The average molecular weight is 611 g/mol. The van der Waals surface area contributed by atoms with Gasteiger partial charge in [-0.05, 0) is 173 Å². The summed E-state index contributed by atoms with van der Waals surface area (Å²) in [5, 5.41) is 0. The van der Waals surface area contributed by atoms with Gasteiger partial charge in [0.1, 0.15) is 0 Å². The van der Waals surface area contributed by atoms with Gasteiger partial charge in [-0.3, -0.25) is 0 Å². The van der Waals surface area contributed by atoms with Crippen molar-refractivity contribution in [3.05, 3.63) is 24.3 Å². The molecule has 0 aromatic heterocycles. The summed E-state index contributed by atoms with van der Waals surface area (Å²) in [4.78, 5) is 0. The van der Waals surface area contributed by atoms with Crippen LogP contribution in [0.2, 0.25) is 0 Å². The van der Waals surface area contributed by atoms with E-state index in [1.54, 1.807) is 0 Å². The first-order valence-electron chi connectivity index (χ1n) is 19.0. The van der Waals surface area contributed by atoms with Gasteiger partial charge in [0.15, 0.2) is 12.6 Å². The molecule has 0 aromatic carbocycles. The Balaban J connectivity index is 0.00000357. The molecular formula is C40H66O4. The number of hydrogen-bond donors (Lipinski definition) is 0. The van der Waals surface area contributed by atoms with Gasteiger partial charge >= 0.3 is 0 Å². The van der Waals surface area contributed by atoms with Gasteiger partial charge < -0.3 is 18.9 Å². The molecule has 0 amide bonds. The third-order valence-corrected chi connectivity index (χ3v) is 15.7. The number of hydrogen-bond acceptors (Lipinski definition) is 4. The lowest BCUT2D eigenvalue weighted by molar-refractivity contribution is -0.248. The standard InChI is InChI=1S/C40H64O4.H2/c1-7-40-23-22-39(26-43-34-12-8-10-24-41-34)21-16-29(27(2)3)36(39)31(40)14-15-33-37(5)19-18-32(44-35-13-9-11-25-42-35)28(4)30(37)17-20-38(33,40)6;/h29-36H,2,4,7-26H2,1,3,5-6H3;1H/t29-,30-,31+,32-,33+,34?,35?,36?,37-,38+,39+,40+;/m0./s1. The van der Waals surface area contributed by atoms with Crippen LogP contribution in [0.25, 0.3) is 0 Å². The summed E-state index contributed by atoms with van der Waals surface area (Å²) in [6.07, 6.45) is 21.5. The van der Waals surface area contributed by atoms with E-state index in [9.17, 15) is 0 Å². The van der Waals surface area contributed by atoms with Crippen LogP contribution in [0.15, 0.2) is 24.3 Å². The summed E-state index contributed by atoms with van der Waals surface area (Å²) < 4.78 is 25.4. The van der Waals surface area contributed by atoms with E-state index in [1.165, 1.54) is 101 Å². The van der Waals surface area contributed by atoms with Crippen molar-refractivity contribution >= 4 is 0 Å². The van der Waals surface area contributed by atoms with E-state index in [2.05, 4.69) is 34.3 Å². The Kier molecular flexibility index (Phi) is 8.76. The minimum absolute atomic E-state index is 0. The van der Waals surface area contributed by atoms with Crippen molar-refractivity contribution in [3.63, 3.8) is 0 Å². The largest absolute Gasteiger partial charge is 0.353 e. The van der Waals surface area contributed by atoms with Crippen LogP contribution in [0.5, 0.6) is 0 Å². The molecule has 7 aliphatic rings. The summed E-state index contributed by atoms with van der Waals surface area (Å²) in [6, 6.07) is 0. The fraction of sp³-hybridized carbons (Fsp3) is 0.900. The summed E-state index contributed by atoms with van der Waals surface area (Å²) in [5.41, 5.74) is 4.22. The summed E-state index contributed by atoms with van der Waals surface area (Å²) in [5.74, 6) is 3.46. The molecule has 44 heavy (non-hydrogen) atoms. The lowest BCUT2D eigenvalue weighted by Crippen LogP contribution is -2.66. The number of ether oxygens (including phenoxy) is 4. The van der Waals surface area contributed by atoms with Crippen LogP contribution in [-0.4, -0.2) is 38.5 Å². The topological polar surface area (TPSA) is 36.9 Å². The van der Waals surface area contributed by atoms with E-state index in [0.717, 1.165) is 50.9 Å². The second kappa shape index (κ2) is 12.1. The van der Waals surface area contributed by atoms with Crippen molar-refractivity contribution in [1.29, 1.82) is 0 Å². The molecule has 3 unspecified atom stereocenters. The van der Waals surface area contributed by atoms with Crippen molar-refractivity contribution in [3.8, 4) is 0 Å². The zero-order valence-corrected chi connectivity index (χ0v) is 28.8. The number of rotatable bonds is 7. The van der Waals surface area contributed by atoms with Gasteiger partial charge in [0, 0.05) is 14.6 Å². The lowest BCUT2D eigenvalue weighted by Gasteiger charge is -2.72. The first-order valence-corrected chi connectivity index (χ1v) is 19.0. The Morgan fingerprint density at radius 1 is 0.864 bits per heavy atom. The highest BCUT2D eigenvalue weighted by Crippen LogP contribution is 2.77. The number of allylic oxidation sites excluding steroid dienone is 1. The Morgan fingerprint density at radius 2 is 1.61 bits per heavy atom. The van der Waals surface area contributed by atoms with Gasteiger partial charge in [0.2, 0.25) is 0 Å². The van der Waals surface area contributed by atoms with Gasteiger partial charge in [-0.15, -0.1) is 0 Å². The van der Waals surface area contributed by atoms with Crippen LogP contribution in [0.3, 0.4) is 0 Å². The van der Waals surface area contributed by atoms with E-state index >= 15 is 0 Å². The molecule has 2 saturated heterocycles. The molecular weight excluding hydrogens is 544 g/mol. The van der Waals surface area contributed by atoms with Gasteiger partial charge in [-0.25, -0.2) is 0 Å². The van der Waals surface area contributed by atoms with E-state index < -0.39 is 0 Å². The first kappa shape index (κ1) is 31.9. The lowest BCUT2D eigenvalue weighted by atomic mass is 9.32. The maximum Gasteiger partial charge on any atom is 0.158 e. The molecule has 5 aliphatic carbocycles. The van der Waals surface area contributed by atoms with E-state index in [-0.39, 0.29) is 20.1 Å². The van der Waals surface area contributed by atoms with Gasteiger partial charge in [0.25, 0.3) is 0 Å². The molecule has 5 saturated carbocycles. The van der Waals surface area contributed by atoms with Gasteiger partial charge in [-0.2, -0.15) is 0 Å². The molecule has 7 rings (SSSR count). The van der Waals surface area contributed by atoms with Crippen molar-refractivity contribution in [1.82, 2.24) is 0 Å². The van der Waals surface area contributed by atoms with Crippen LogP contribution < -0.4 is 0 Å². The Labute approximate surface area is 270 Å². The Bertz CT molecular complexity index is 1080. The molecule has 4 heteroatoms. The summed E-state index contributed by atoms with van der Waals surface area (Å²) in [7, 11) is 0. The first-order chi connectivity index (χ1) is 21.2. The second-order valence-corrected chi connectivity index (χ2v) is 17.3. The van der Waals surface area contributed by atoms with Crippen molar-refractivity contribution in [2.75, 3.05) is 19.8 Å². The molecule has 0 N–H and O–H groups in total. The predicted octanol–water partition coefficient (Wildman–Crippen LogP) is 10.3. The van der Waals surface area contributed by atoms with Crippen LogP contribution >= 0.6 is 0 Å². The minimum atomic E-state index is -0.0219. The van der Waals surface area contributed by atoms with E-state index in [4.69, 9.17) is 25.5 Å². The molecule has 0 bridgehead atoms. The van der Waals surface area contributed by atoms with Gasteiger partial charge in [0.05, 0.1) is 12.7 Å². The quantitative estimate of drug-likeness (QED) is 0.212. The molecule has 0 spiro atoms. The normalized spacial score (nSPS) is 50.7. The molecule has 0 aromatic rings. The van der Waals surface area contributed by atoms with Crippen LogP contribution in [0.1, 0.15) is 138 Å². The third-order valence-electron chi connectivity index (χ3n) is 15.7. The highest BCUT2D eigenvalue weighted by molar-refractivity contribution is 5.25. The SMILES string of the molecule is C=C(C)[C@@H]1CC[C@]2(COC3CCCCO3)CC[C@]3(CC)[C@H](CC[C@@H]4[C@@]5(C)CC[C@H](OC6CCCCO6)C(=C)[C@@H]5CC[C@]43C)C12.[HH]. The molecule has 0 radical (unpaired) electrons. The second-order valence-electron chi connectivity index (χ2n) is 17.3. The molecule has 4 nitrogen and oxygen atoms in total. The van der Waals surface area contributed by atoms with E-state index in [0.29, 0.717) is 39.4 Å². The fourth-order valence-corrected chi connectivity index (χ4v) is 13.6. The van der Waals surface area contributed by atoms with Crippen LogP contribution in [0, 0.1) is 51.2 Å². The van der Waals surface area contributed by atoms with E-state index in [1.807, 2.05) is 0 Å². The molecule has 12 atom stereocenters. The zero-order valence-electron chi connectivity index (χ0n) is 28.8. The van der Waals surface area contributed by atoms with Crippen LogP contribution in [-0.2, 0) is 18.9 Å². The number of fused-ring (bicyclic) bond motifs is 7. The highest BCUT2D eigenvalue weighted by Gasteiger charge is 2.70. The van der Waals surface area contributed by atoms with Crippen molar-refractivity contribution in [2.24, 2.45) is 51.2 Å². The van der Waals surface area contributed by atoms with Crippen molar-refractivity contribution < 1.29 is 20.4 Å². The monoisotopic (exact) mass is 610 g/mol. The predicted molar refractivity (Wildman–Crippen MR) is 179 cm³/mol. The maximum absolute atomic E-state index is 6.71. The molecule has 2 aliphatic heterocycles. The molecule has 2 heterocycles. The average Bonchev–Trinajstić information content (AvgIpc) is 3.43. The fourth-order valence-electron chi connectivity index (χ4n) is 13.6.